The fraction of sp³-hybridized carbons (Fsp3) is 0.600. The van der Waals surface area contributed by atoms with Crippen LogP contribution in [0.25, 0.3) is 12.2 Å². The third kappa shape index (κ3) is 14.9. The van der Waals surface area contributed by atoms with Gasteiger partial charge in [0.25, 0.3) is 0 Å². The number of ketones is 2. The van der Waals surface area contributed by atoms with Crippen LogP contribution >= 0.6 is 0 Å². The Morgan fingerprint density at radius 3 is 1.19 bits per heavy atom. The van der Waals surface area contributed by atoms with Crippen LogP contribution in [0.2, 0.25) is 0 Å². The van der Waals surface area contributed by atoms with Crippen molar-refractivity contribution in [3.8, 4) is 23.0 Å². The van der Waals surface area contributed by atoms with Crippen LogP contribution < -0.4 is 18.9 Å². The highest BCUT2D eigenvalue weighted by Gasteiger charge is 2.62. The molecule has 8 rings (SSSR count). The van der Waals surface area contributed by atoms with Crippen molar-refractivity contribution in [2.24, 2.45) is 0 Å². The van der Waals surface area contributed by atoms with E-state index in [4.69, 9.17) is 75.8 Å². The summed E-state index contributed by atoms with van der Waals surface area (Å²) < 4.78 is 93.2. The van der Waals surface area contributed by atoms with Gasteiger partial charge in [-0.15, -0.1) is 0 Å². The van der Waals surface area contributed by atoms with Crippen molar-refractivity contribution >= 4 is 47.6 Å². The number of benzene rings is 2. The van der Waals surface area contributed by atoms with Gasteiger partial charge in [0.1, 0.15) is 62.0 Å². The van der Waals surface area contributed by atoms with Gasteiger partial charge in [-0.2, -0.15) is 0 Å². The maximum absolute atomic E-state index is 12.8. The van der Waals surface area contributed by atoms with Gasteiger partial charge < -0.3 is 75.8 Å². The number of ether oxygens (including phenoxy) is 16. The topological polar surface area (TPSA) is 250 Å². The summed E-state index contributed by atoms with van der Waals surface area (Å²) in [4.78, 5) is 76.4. The molecule has 6 aliphatic heterocycles. The van der Waals surface area contributed by atoms with Gasteiger partial charge in [-0.1, -0.05) is 24.3 Å². The summed E-state index contributed by atoms with van der Waals surface area (Å²) in [6, 6.07) is 9.33. The molecular formula is C55H68O22. The predicted octanol–water partition coefficient (Wildman–Crippen LogP) is 5.99. The van der Waals surface area contributed by atoms with Gasteiger partial charge in [-0.05, 0) is 116 Å². The van der Waals surface area contributed by atoms with E-state index in [0.717, 1.165) is 0 Å². The van der Waals surface area contributed by atoms with Crippen molar-refractivity contribution < 1.29 is 105 Å². The summed E-state index contributed by atoms with van der Waals surface area (Å²) in [6.07, 6.45) is -0.804. The van der Waals surface area contributed by atoms with E-state index in [1.165, 1.54) is 50.7 Å². The summed E-state index contributed by atoms with van der Waals surface area (Å²) in [7, 11) is 2.79. The monoisotopic (exact) mass is 1080 g/mol. The largest absolute Gasteiger partial charge is 0.493 e. The first-order chi connectivity index (χ1) is 36.4. The third-order valence-electron chi connectivity index (χ3n) is 12.9. The second-order valence-corrected chi connectivity index (χ2v) is 21.0. The molecule has 77 heavy (non-hydrogen) atoms. The van der Waals surface area contributed by atoms with E-state index in [0.29, 0.717) is 11.1 Å². The Hall–Kier alpha value is -5.66. The standard InChI is InChI=1S/C55H68O22/c1-52(2)70-44-38(68-50-48(46(44)72-52)74-54(5,6)76-50)28-64-40(58)13-11-15-42(60)66-34-23-19-30(25-36(34)62-9)17-21-32(56)27-33(57)22-18-31-20-24-35(37(26-31)63-10)67-43(61)16-12-14-41(59)65-29-39-45-47(73-53(3,4)71-45)49-51(69-39)77-55(7,8)75-49/h17-26,38-39,44-51H,11-16,27-29H2,1-10H3. The summed E-state index contributed by atoms with van der Waals surface area (Å²) in [6.45, 7) is 14.0. The summed E-state index contributed by atoms with van der Waals surface area (Å²) in [5.41, 5.74) is 1.07. The highest BCUT2D eigenvalue weighted by molar-refractivity contribution is 6.11. The molecule has 22 nitrogen and oxygen atoms in total. The Labute approximate surface area is 446 Å². The molecule has 0 spiro atoms. The summed E-state index contributed by atoms with van der Waals surface area (Å²) in [5, 5.41) is 0. The summed E-state index contributed by atoms with van der Waals surface area (Å²) >= 11 is 0. The molecule has 10 unspecified atom stereocenters. The van der Waals surface area contributed by atoms with Crippen molar-refractivity contribution in [2.75, 3.05) is 27.4 Å². The van der Waals surface area contributed by atoms with E-state index in [1.54, 1.807) is 79.7 Å². The minimum absolute atomic E-state index is 0.0576. The van der Waals surface area contributed by atoms with E-state index in [9.17, 15) is 28.8 Å². The van der Waals surface area contributed by atoms with Crippen LogP contribution in [0.5, 0.6) is 23.0 Å². The normalized spacial score (nSPS) is 29.0. The molecule has 0 aliphatic carbocycles. The molecule has 0 bridgehead atoms. The molecule has 6 aliphatic rings. The Bertz CT molecular complexity index is 2410. The smallest absolute Gasteiger partial charge is 0.311 e. The van der Waals surface area contributed by atoms with Crippen LogP contribution in [-0.4, -0.2) is 147 Å². The molecule has 0 amide bonds. The fourth-order valence-electron chi connectivity index (χ4n) is 9.66. The van der Waals surface area contributed by atoms with Gasteiger partial charge >= 0.3 is 23.9 Å². The quantitative estimate of drug-likeness (QED) is 0.0568. The molecule has 10 atom stereocenters. The number of hydrogen-bond acceptors (Lipinski definition) is 22. The van der Waals surface area contributed by atoms with Gasteiger partial charge in [0.05, 0.1) is 20.6 Å². The van der Waals surface area contributed by atoms with E-state index in [2.05, 4.69) is 0 Å². The van der Waals surface area contributed by atoms with Crippen LogP contribution in [0.1, 0.15) is 111 Å². The van der Waals surface area contributed by atoms with Gasteiger partial charge in [-0.3, -0.25) is 28.8 Å². The summed E-state index contributed by atoms with van der Waals surface area (Å²) in [5.74, 6) is -6.10. The van der Waals surface area contributed by atoms with E-state index in [1.807, 2.05) is 0 Å². The second kappa shape index (κ2) is 23.7. The van der Waals surface area contributed by atoms with Crippen LogP contribution in [0.4, 0.5) is 0 Å². The fourth-order valence-corrected chi connectivity index (χ4v) is 9.66. The first-order valence-electron chi connectivity index (χ1n) is 25.6. The number of allylic oxidation sites excluding steroid dienone is 2. The molecule has 6 fully saturated rings. The van der Waals surface area contributed by atoms with Gasteiger partial charge in [0, 0.05) is 25.7 Å². The molecule has 6 heterocycles. The minimum Gasteiger partial charge on any atom is -0.493 e. The molecule has 2 aromatic carbocycles. The minimum atomic E-state index is -0.898. The number of hydrogen-bond donors (Lipinski definition) is 0. The average Bonchev–Trinajstić information content (AvgIpc) is 4.11. The van der Waals surface area contributed by atoms with Crippen LogP contribution in [-0.2, 0) is 85.6 Å². The molecule has 0 aromatic heterocycles. The van der Waals surface area contributed by atoms with Crippen LogP contribution in [0.3, 0.4) is 0 Å². The van der Waals surface area contributed by atoms with Crippen molar-refractivity contribution in [3.05, 3.63) is 59.7 Å². The maximum Gasteiger partial charge on any atom is 0.311 e. The highest BCUT2D eigenvalue weighted by atomic mass is 16.9. The van der Waals surface area contributed by atoms with Crippen molar-refractivity contribution in [2.45, 2.75) is 185 Å². The zero-order valence-electron chi connectivity index (χ0n) is 44.9. The van der Waals surface area contributed by atoms with Crippen molar-refractivity contribution in [1.82, 2.24) is 0 Å². The number of methoxy groups -OCH3 is 2. The lowest BCUT2D eigenvalue weighted by Gasteiger charge is -2.36. The average molecular weight is 1080 g/mol. The van der Waals surface area contributed by atoms with E-state index < -0.39 is 126 Å². The molecule has 0 saturated carbocycles. The molecular weight excluding hydrogens is 1010 g/mol. The second-order valence-electron chi connectivity index (χ2n) is 21.0. The SMILES string of the molecule is COc1cc(C=CC(=O)CC(=O)C=Cc2ccc(OC(=O)CCCC(=O)OCC3OC4OC(C)(C)OC4C4OC(C)(C)OC34)c(OC)c2)ccc1OC(=O)CCCC(=O)OCC1OC2OC(C)(C)OC2C2OC(C)(C)OC12. The molecule has 22 heteroatoms. The van der Waals surface area contributed by atoms with E-state index >= 15 is 0 Å². The Morgan fingerprint density at radius 2 is 0.805 bits per heavy atom. The van der Waals surface area contributed by atoms with Crippen molar-refractivity contribution in [3.63, 3.8) is 0 Å². The molecule has 2 aromatic rings. The molecule has 6 saturated heterocycles. The van der Waals surface area contributed by atoms with Crippen LogP contribution in [0, 0.1) is 0 Å². The van der Waals surface area contributed by atoms with Crippen LogP contribution in [0.15, 0.2) is 48.6 Å². The number of carbonyl (C=O) groups is 6. The number of rotatable bonds is 22. The van der Waals surface area contributed by atoms with Gasteiger partial charge in [-0.25, -0.2) is 0 Å². The highest BCUT2D eigenvalue weighted by Crippen LogP contribution is 2.46. The lowest BCUT2D eigenvalue weighted by Crippen LogP contribution is -2.56. The van der Waals surface area contributed by atoms with E-state index in [-0.39, 0.29) is 74.7 Å². The number of fused-ring (bicyclic) bond motifs is 6. The molecule has 420 valence electrons. The van der Waals surface area contributed by atoms with Crippen molar-refractivity contribution in [1.29, 1.82) is 0 Å². The Balaban J connectivity index is 0.717. The first-order valence-corrected chi connectivity index (χ1v) is 25.6. The first kappa shape index (κ1) is 57.5. The lowest BCUT2D eigenvalue weighted by atomic mass is 9.99. The Kier molecular flexibility index (Phi) is 17.7. The zero-order chi connectivity index (χ0) is 55.5. The maximum atomic E-state index is 12.8. The Morgan fingerprint density at radius 1 is 0.455 bits per heavy atom. The zero-order valence-corrected chi connectivity index (χ0v) is 44.9. The van der Waals surface area contributed by atoms with Gasteiger partial charge in [0.2, 0.25) is 0 Å². The molecule has 0 N–H and O–H groups in total. The number of carbonyl (C=O) groups excluding carboxylic acids is 6. The molecule has 0 radical (unpaired) electrons. The third-order valence-corrected chi connectivity index (χ3v) is 12.9. The lowest BCUT2D eigenvalue weighted by molar-refractivity contribution is -0.242. The number of esters is 4. The predicted molar refractivity (Wildman–Crippen MR) is 265 cm³/mol. The van der Waals surface area contributed by atoms with Gasteiger partial charge in [0.15, 0.2) is 70.3 Å².